The number of nitrogens with zero attached hydrogens (tertiary/aromatic N) is 1. The van der Waals surface area contributed by atoms with Crippen molar-refractivity contribution >= 4 is 40.0 Å². The number of rotatable bonds is 5. The SMILES string of the molecule is Cc1cccc(NC(=O)C2CC(=O)N(CCc3c[nH]c4ccc(Cl)cc34)C2)c1C. The van der Waals surface area contributed by atoms with Crippen molar-refractivity contribution in [3.05, 3.63) is 64.3 Å². The zero-order valence-electron chi connectivity index (χ0n) is 16.6. The minimum atomic E-state index is -0.320. The number of anilines is 1. The summed E-state index contributed by atoms with van der Waals surface area (Å²) < 4.78 is 0. The predicted molar refractivity (Wildman–Crippen MR) is 116 cm³/mol. The monoisotopic (exact) mass is 409 g/mol. The van der Waals surface area contributed by atoms with Crippen molar-refractivity contribution in [2.45, 2.75) is 26.7 Å². The second kappa shape index (κ2) is 7.91. The summed E-state index contributed by atoms with van der Waals surface area (Å²) in [5.41, 5.74) is 5.16. The number of likely N-dealkylation sites (tertiary alicyclic amines) is 1. The smallest absolute Gasteiger partial charge is 0.229 e. The summed E-state index contributed by atoms with van der Waals surface area (Å²) in [5.74, 6) is -0.378. The van der Waals surface area contributed by atoms with E-state index in [1.165, 1.54) is 0 Å². The first-order chi connectivity index (χ1) is 13.9. The Balaban J connectivity index is 1.39. The molecule has 1 unspecified atom stereocenters. The molecule has 4 rings (SSSR count). The van der Waals surface area contributed by atoms with Crippen LogP contribution >= 0.6 is 11.6 Å². The molecule has 6 heteroatoms. The van der Waals surface area contributed by atoms with Crippen molar-refractivity contribution in [1.29, 1.82) is 0 Å². The molecule has 1 fully saturated rings. The molecule has 29 heavy (non-hydrogen) atoms. The molecule has 2 aromatic carbocycles. The Morgan fingerprint density at radius 3 is 2.93 bits per heavy atom. The van der Waals surface area contributed by atoms with Crippen LogP contribution in [-0.4, -0.2) is 34.8 Å². The van der Waals surface area contributed by atoms with Crippen LogP contribution in [0.25, 0.3) is 10.9 Å². The highest BCUT2D eigenvalue weighted by Gasteiger charge is 2.34. The van der Waals surface area contributed by atoms with E-state index < -0.39 is 0 Å². The van der Waals surface area contributed by atoms with Gasteiger partial charge < -0.3 is 15.2 Å². The van der Waals surface area contributed by atoms with Crippen molar-refractivity contribution in [3.8, 4) is 0 Å². The van der Waals surface area contributed by atoms with Gasteiger partial charge in [-0.25, -0.2) is 0 Å². The predicted octanol–water partition coefficient (Wildman–Crippen LogP) is 4.47. The molecule has 0 aliphatic carbocycles. The molecular formula is C23H24ClN3O2. The van der Waals surface area contributed by atoms with Gasteiger partial charge in [0.1, 0.15) is 0 Å². The second-order valence-corrected chi connectivity index (χ2v) is 8.17. The van der Waals surface area contributed by atoms with Crippen LogP contribution in [0.1, 0.15) is 23.1 Å². The highest BCUT2D eigenvalue weighted by Crippen LogP contribution is 2.25. The summed E-state index contributed by atoms with van der Waals surface area (Å²) >= 11 is 6.12. The van der Waals surface area contributed by atoms with Gasteiger partial charge in [-0.3, -0.25) is 9.59 Å². The fourth-order valence-electron chi connectivity index (χ4n) is 3.90. The average Bonchev–Trinajstić information content (AvgIpc) is 3.26. The molecule has 3 aromatic rings. The zero-order valence-corrected chi connectivity index (χ0v) is 17.3. The number of hydrogen-bond acceptors (Lipinski definition) is 2. The van der Waals surface area contributed by atoms with Gasteiger partial charge in [0.15, 0.2) is 0 Å². The second-order valence-electron chi connectivity index (χ2n) is 7.73. The fraction of sp³-hybridized carbons (Fsp3) is 0.304. The van der Waals surface area contributed by atoms with Gasteiger partial charge in [-0.15, -0.1) is 0 Å². The Bertz CT molecular complexity index is 1090. The lowest BCUT2D eigenvalue weighted by Gasteiger charge is -2.17. The number of halogens is 1. The Hall–Kier alpha value is -2.79. The van der Waals surface area contributed by atoms with E-state index in [4.69, 9.17) is 11.6 Å². The Morgan fingerprint density at radius 2 is 2.10 bits per heavy atom. The minimum Gasteiger partial charge on any atom is -0.361 e. The number of carbonyl (C=O) groups excluding carboxylic acids is 2. The molecule has 0 radical (unpaired) electrons. The van der Waals surface area contributed by atoms with Crippen LogP contribution in [0.15, 0.2) is 42.6 Å². The molecule has 1 aromatic heterocycles. The zero-order chi connectivity index (χ0) is 20.5. The highest BCUT2D eigenvalue weighted by atomic mass is 35.5. The van der Waals surface area contributed by atoms with Crippen LogP contribution in [0.5, 0.6) is 0 Å². The van der Waals surface area contributed by atoms with E-state index in [1.807, 2.05) is 56.4 Å². The lowest BCUT2D eigenvalue weighted by molar-refractivity contribution is -0.128. The van der Waals surface area contributed by atoms with Crippen LogP contribution in [-0.2, 0) is 16.0 Å². The molecule has 1 aliphatic heterocycles. The number of nitrogens with one attached hydrogen (secondary N) is 2. The molecule has 5 nitrogen and oxygen atoms in total. The van der Waals surface area contributed by atoms with Gasteiger partial charge in [0.05, 0.1) is 5.92 Å². The largest absolute Gasteiger partial charge is 0.361 e. The fourth-order valence-corrected chi connectivity index (χ4v) is 4.07. The van der Waals surface area contributed by atoms with E-state index in [9.17, 15) is 9.59 Å². The van der Waals surface area contributed by atoms with Crippen molar-refractivity contribution in [2.75, 3.05) is 18.4 Å². The Morgan fingerprint density at radius 1 is 1.28 bits per heavy atom. The highest BCUT2D eigenvalue weighted by molar-refractivity contribution is 6.31. The number of aryl methyl sites for hydroxylation is 1. The number of H-pyrrole nitrogens is 1. The number of aromatic nitrogens is 1. The first-order valence-electron chi connectivity index (χ1n) is 9.82. The van der Waals surface area contributed by atoms with E-state index in [0.717, 1.165) is 39.7 Å². The third-order valence-corrected chi connectivity index (χ3v) is 6.06. The molecule has 1 atom stereocenters. The van der Waals surface area contributed by atoms with Crippen LogP contribution in [0, 0.1) is 19.8 Å². The summed E-state index contributed by atoms with van der Waals surface area (Å²) in [6, 6.07) is 11.6. The minimum absolute atomic E-state index is 0.0315. The summed E-state index contributed by atoms with van der Waals surface area (Å²) in [4.78, 5) is 30.2. The number of benzene rings is 2. The number of fused-ring (bicyclic) bond motifs is 1. The van der Waals surface area contributed by atoms with E-state index in [0.29, 0.717) is 18.1 Å². The lowest BCUT2D eigenvalue weighted by Crippen LogP contribution is -2.30. The van der Waals surface area contributed by atoms with Gasteiger partial charge in [0.2, 0.25) is 11.8 Å². The maximum atomic E-state index is 12.7. The van der Waals surface area contributed by atoms with Crippen LogP contribution in [0.2, 0.25) is 5.02 Å². The number of hydrogen-bond donors (Lipinski definition) is 2. The van der Waals surface area contributed by atoms with Gasteiger partial charge in [-0.05, 0) is 61.2 Å². The van der Waals surface area contributed by atoms with E-state index >= 15 is 0 Å². The quantitative estimate of drug-likeness (QED) is 0.653. The Kier molecular flexibility index (Phi) is 5.33. The topological polar surface area (TPSA) is 65.2 Å². The van der Waals surface area contributed by atoms with Gasteiger partial charge in [-0.2, -0.15) is 0 Å². The van der Waals surface area contributed by atoms with Crippen LogP contribution < -0.4 is 5.32 Å². The molecular weight excluding hydrogens is 386 g/mol. The third-order valence-electron chi connectivity index (χ3n) is 5.83. The van der Waals surface area contributed by atoms with E-state index in [1.54, 1.807) is 4.90 Å². The van der Waals surface area contributed by atoms with Gasteiger partial charge in [0.25, 0.3) is 0 Å². The Labute approximate surface area is 175 Å². The molecule has 1 aliphatic rings. The first-order valence-corrected chi connectivity index (χ1v) is 10.2. The lowest BCUT2D eigenvalue weighted by atomic mass is 10.1. The van der Waals surface area contributed by atoms with E-state index in [-0.39, 0.29) is 24.2 Å². The van der Waals surface area contributed by atoms with Crippen LogP contribution in [0.3, 0.4) is 0 Å². The average molecular weight is 410 g/mol. The molecule has 0 bridgehead atoms. The van der Waals surface area contributed by atoms with Gasteiger partial charge >= 0.3 is 0 Å². The summed E-state index contributed by atoms with van der Waals surface area (Å²) in [6.07, 6.45) is 2.94. The standard InChI is InChI=1S/C23H24ClN3O2/c1-14-4-3-5-20(15(14)2)26-23(29)17-10-22(28)27(13-17)9-8-16-12-25-21-7-6-18(24)11-19(16)21/h3-7,11-12,17,25H,8-10,13H2,1-2H3,(H,26,29). The summed E-state index contributed by atoms with van der Waals surface area (Å²) in [5, 5.41) is 4.77. The summed E-state index contributed by atoms with van der Waals surface area (Å²) in [6.45, 7) is 5.05. The van der Waals surface area contributed by atoms with Gasteiger partial charge in [-0.1, -0.05) is 23.7 Å². The van der Waals surface area contributed by atoms with E-state index in [2.05, 4.69) is 10.3 Å². The molecule has 2 heterocycles. The van der Waals surface area contributed by atoms with Gasteiger partial charge in [0, 0.05) is 47.3 Å². The summed E-state index contributed by atoms with van der Waals surface area (Å²) in [7, 11) is 0. The normalized spacial score (nSPS) is 16.6. The molecule has 0 saturated carbocycles. The van der Waals surface area contributed by atoms with Crippen molar-refractivity contribution in [3.63, 3.8) is 0 Å². The van der Waals surface area contributed by atoms with Crippen molar-refractivity contribution in [2.24, 2.45) is 5.92 Å². The molecule has 1 saturated heterocycles. The maximum Gasteiger partial charge on any atom is 0.229 e. The molecule has 150 valence electrons. The first kappa shape index (κ1) is 19.5. The van der Waals surface area contributed by atoms with Crippen molar-refractivity contribution in [1.82, 2.24) is 9.88 Å². The molecule has 2 amide bonds. The number of carbonyl (C=O) groups is 2. The molecule has 0 spiro atoms. The van der Waals surface area contributed by atoms with Crippen molar-refractivity contribution < 1.29 is 9.59 Å². The third kappa shape index (κ3) is 4.01. The maximum absolute atomic E-state index is 12.7. The van der Waals surface area contributed by atoms with Crippen LogP contribution in [0.4, 0.5) is 5.69 Å². The number of aromatic amines is 1. The number of amides is 2. The molecule has 2 N–H and O–H groups in total.